The molecule has 0 aromatic rings. The molecule has 0 aliphatic carbocycles. The molecule has 1 amide bonds. The number of carbonyl (C=O) groups is 1. The number of unbranched alkanes of at least 4 members (excludes halogenated alkanes) is 1. The van der Waals surface area contributed by atoms with Crippen LogP contribution in [0.1, 0.15) is 46.5 Å². The van der Waals surface area contributed by atoms with Crippen molar-refractivity contribution in [2.45, 2.75) is 88.4 Å². The van der Waals surface area contributed by atoms with Crippen LogP contribution in [-0.2, 0) is 9.53 Å². The Labute approximate surface area is 172 Å². The Kier molecular flexibility index (Phi) is 9.24. The first-order chi connectivity index (χ1) is 13.3. The van der Waals surface area contributed by atoms with Crippen LogP contribution in [0.15, 0.2) is 11.6 Å². The summed E-state index contributed by atoms with van der Waals surface area (Å²) in [5.74, 6) is -0.148. The van der Waals surface area contributed by atoms with Gasteiger partial charge in [-0.15, -0.1) is 11.8 Å². The van der Waals surface area contributed by atoms with E-state index in [9.17, 15) is 20.1 Å². The molecule has 2 rings (SSSR count). The molecular formula is C20H36N2O5S. The van der Waals surface area contributed by atoms with E-state index in [0.717, 1.165) is 19.3 Å². The van der Waals surface area contributed by atoms with Gasteiger partial charge < -0.3 is 30.7 Å². The number of aliphatic hydroxyl groups excluding tert-OH is 3. The van der Waals surface area contributed by atoms with Gasteiger partial charge in [0.05, 0.1) is 12.1 Å². The minimum Gasteiger partial charge on any atom is -0.388 e. The number of thioether (sulfide) groups is 1. The van der Waals surface area contributed by atoms with Gasteiger partial charge in [0.1, 0.15) is 29.9 Å². The van der Waals surface area contributed by atoms with Crippen molar-refractivity contribution in [3.63, 3.8) is 0 Å². The van der Waals surface area contributed by atoms with Crippen LogP contribution in [0.4, 0.5) is 0 Å². The van der Waals surface area contributed by atoms with Crippen LogP contribution >= 0.6 is 11.8 Å². The Hall–Kier alpha value is -0.640. The third kappa shape index (κ3) is 5.70. The number of hydrogen-bond donors (Lipinski definition) is 5. The highest BCUT2D eigenvalue weighted by Crippen LogP contribution is 2.30. The van der Waals surface area contributed by atoms with Crippen LogP contribution in [0.25, 0.3) is 0 Å². The second-order valence-electron chi connectivity index (χ2n) is 8.09. The van der Waals surface area contributed by atoms with E-state index in [2.05, 4.69) is 23.6 Å². The second kappa shape index (κ2) is 10.9. The normalized spacial score (nSPS) is 34.8. The van der Waals surface area contributed by atoms with Crippen molar-refractivity contribution in [2.24, 2.45) is 5.92 Å². The zero-order valence-electron chi connectivity index (χ0n) is 17.3. The summed E-state index contributed by atoms with van der Waals surface area (Å²) in [5, 5.41) is 37.0. The van der Waals surface area contributed by atoms with E-state index >= 15 is 0 Å². The largest absolute Gasteiger partial charge is 0.388 e. The summed E-state index contributed by atoms with van der Waals surface area (Å²) < 4.78 is 5.87. The fourth-order valence-corrected chi connectivity index (χ4v) is 4.49. The van der Waals surface area contributed by atoms with Crippen LogP contribution < -0.4 is 10.6 Å². The summed E-state index contributed by atoms with van der Waals surface area (Å²) in [6.45, 7) is 6.70. The number of amides is 1. The first-order valence-electron chi connectivity index (χ1n) is 10.2. The van der Waals surface area contributed by atoms with Gasteiger partial charge in [-0.05, 0) is 31.4 Å². The molecule has 7 nitrogen and oxygen atoms in total. The lowest BCUT2D eigenvalue weighted by molar-refractivity contribution is -0.208. The highest BCUT2D eigenvalue weighted by molar-refractivity contribution is 7.99. The Morgan fingerprint density at radius 1 is 1.32 bits per heavy atom. The van der Waals surface area contributed by atoms with Crippen molar-refractivity contribution >= 4 is 17.7 Å². The molecule has 162 valence electrons. The molecule has 7 atom stereocenters. The minimum atomic E-state index is -1.31. The van der Waals surface area contributed by atoms with Gasteiger partial charge in [-0.3, -0.25) is 4.79 Å². The molecule has 28 heavy (non-hydrogen) atoms. The van der Waals surface area contributed by atoms with Gasteiger partial charge in [-0.25, -0.2) is 0 Å². The Morgan fingerprint density at radius 3 is 2.64 bits per heavy atom. The molecule has 2 heterocycles. The van der Waals surface area contributed by atoms with Crippen molar-refractivity contribution < 1.29 is 24.9 Å². The average molecular weight is 417 g/mol. The number of rotatable bonds is 8. The maximum Gasteiger partial charge on any atom is 0.237 e. The smallest absolute Gasteiger partial charge is 0.237 e. The summed E-state index contributed by atoms with van der Waals surface area (Å²) in [4.78, 5) is 12.9. The molecule has 5 N–H and O–H groups in total. The molecule has 1 fully saturated rings. The standard InChI is InChI=1S/C20H36N2O5S/c1-5-6-7-12-8-9-21-13(10-12)19(26)22-14(11(2)3)18-16(24)15(23)17(25)20(27-18)28-4/h8,11,13-18,20-21,23-25H,5-7,9-10H2,1-4H3,(H,22,26)/t13-,14+,15-,16+,17+,18+,20+/m0/s1. The number of nitrogens with one attached hydrogen (secondary N) is 2. The Morgan fingerprint density at radius 2 is 2.04 bits per heavy atom. The summed E-state index contributed by atoms with van der Waals surface area (Å²) >= 11 is 1.27. The van der Waals surface area contributed by atoms with Crippen LogP contribution in [0.3, 0.4) is 0 Å². The summed E-state index contributed by atoms with van der Waals surface area (Å²) in [5.41, 5.74) is 0.648. The van der Waals surface area contributed by atoms with Gasteiger partial charge in [0.25, 0.3) is 0 Å². The first-order valence-corrected chi connectivity index (χ1v) is 11.5. The van der Waals surface area contributed by atoms with E-state index in [1.165, 1.54) is 17.3 Å². The van der Waals surface area contributed by atoms with Crippen molar-refractivity contribution in [1.82, 2.24) is 10.6 Å². The van der Waals surface area contributed by atoms with Crippen LogP contribution in [-0.4, -0.2) is 76.0 Å². The lowest BCUT2D eigenvalue weighted by Gasteiger charge is -2.44. The zero-order valence-corrected chi connectivity index (χ0v) is 18.1. The number of carbonyl (C=O) groups excluding carboxylic acids is 1. The molecule has 0 spiro atoms. The molecule has 0 unspecified atom stereocenters. The fraction of sp³-hybridized carbons (Fsp3) is 0.850. The van der Waals surface area contributed by atoms with Gasteiger partial charge in [0.2, 0.25) is 5.91 Å². The van der Waals surface area contributed by atoms with E-state index in [1.54, 1.807) is 6.26 Å². The third-order valence-corrected chi connectivity index (χ3v) is 6.46. The molecule has 8 heteroatoms. The van der Waals surface area contributed by atoms with E-state index in [4.69, 9.17) is 4.74 Å². The number of hydrogen-bond acceptors (Lipinski definition) is 7. The van der Waals surface area contributed by atoms with Gasteiger partial charge in [-0.1, -0.05) is 38.8 Å². The van der Waals surface area contributed by atoms with Gasteiger partial charge >= 0.3 is 0 Å². The summed E-state index contributed by atoms with van der Waals surface area (Å²) in [6.07, 6.45) is 3.32. The Bertz CT molecular complexity index is 543. The summed E-state index contributed by atoms with van der Waals surface area (Å²) in [6, 6.07) is -0.795. The molecule has 2 aliphatic rings. The number of aliphatic hydroxyl groups is 3. The van der Waals surface area contributed by atoms with Crippen molar-refractivity contribution in [3.8, 4) is 0 Å². The molecule has 0 radical (unpaired) electrons. The summed E-state index contributed by atoms with van der Waals surface area (Å²) in [7, 11) is 0. The quantitative estimate of drug-likeness (QED) is 0.372. The number of ether oxygens (including phenoxy) is 1. The molecular weight excluding hydrogens is 380 g/mol. The predicted octanol–water partition coefficient (Wildman–Crippen LogP) is 0.776. The topological polar surface area (TPSA) is 111 Å². The fourth-order valence-electron chi connectivity index (χ4n) is 3.81. The van der Waals surface area contributed by atoms with Gasteiger partial charge in [-0.2, -0.15) is 0 Å². The Balaban J connectivity index is 2.06. The van der Waals surface area contributed by atoms with Crippen molar-refractivity contribution in [1.29, 1.82) is 0 Å². The third-order valence-electron chi connectivity index (χ3n) is 5.61. The molecule has 0 saturated carbocycles. The monoisotopic (exact) mass is 416 g/mol. The average Bonchev–Trinajstić information content (AvgIpc) is 2.69. The lowest BCUT2D eigenvalue weighted by Crippen LogP contribution is -2.64. The van der Waals surface area contributed by atoms with Crippen LogP contribution in [0, 0.1) is 5.92 Å². The van der Waals surface area contributed by atoms with Gasteiger partial charge in [0.15, 0.2) is 0 Å². The molecule has 1 saturated heterocycles. The van der Waals surface area contributed by atoms with E-state index < -0.39 is 35.9 Å². The SMILES string of the molecule is CCCCC1=CCN[C@H](C(=O)N[C@H](C(C)C)[C@H]2O[C@H](SC)[C@H](O)[C@@H](O)[C@H]2O)C1. The van der Waals surface area contributed by atoms with Crippen molar-refractivity contribution in [2.75, 3.05) is 12.8 Å². The van der Waals surface area contributed by atoms with Crippen molar-refractivity contribution in [3.05, 3.63) is 11.6 Å². The van der Waals surface area contributed by atoms with E-state index in [-0.39, 0.29) is 17.9 Å². The maximum atomic E-state index is 12.9. The molecule has 0 aromatic heterocycles. The highest BCUT2D eigenvalue weighted by atomic mass is 32.2. The predicted molar refractivity (Wildman–Crippen MR) is 111 cm³/mol. The van der Waals surface area contributed by atoms with Gasteiger partial charge in [0, 0.05) is 6.54 Å². The molecule has 0 aromatic carbocycles. The zero-order chi connectivity index (χ0) is 20.8. The molecule has 0 bridgehead atoms. The maximum absolute atomic E-state index is 12.9. The second-order valence-corrected chi connectivity index (χ2v) is 9.02. The first kappa shape index (κ1) is 23.6. The molecule has 2 aliphatic heterocycles. The van der Waals surface area contributed by atoms with Crippen LogP contribution in [0.5, 0.6) is 0 Å². The lowest BCUT2D eigenvalue weighted by atomic mass is 9.88. The minimum absolute atomic E-state index is 0.0211. The van der Waals surface area contributed by atoms with E-state index in [0.29, 0.717) is 13.0 Å². The highest BCUT2D eigenvalue weighted by Gasteiger charge is 2.47. The van der Waals surface area contributed by atoms with Crippen LogP contribution in [0.2, 0.25) is 0 Å². The van der Waals surface area contributed by atoms with E-state index in [1.807, 2.05) is 13.8 Å².